The maximum absolute atomic E-state index is 12.5. The molecule has 1 aliphatic heterocycles. The minimum absolute atomic E-state index is 0.0276. The van der Waals surface area contributed by atoms with E-state index in [2.05, 4.69) is 36.9 Å². The molecule has 4 nitrogen and oxygen atoms in total. The van der Waals surface area contributed by atoms with Crippen molar-refractivity contribution in [1.29, 1.82) is 0 Å². The van der Waals surface area contributed by atoms with E-state index in [9.17, 15) is 9.90 Å². The SMILES string of the molecule is O=C1OC(C(c2ccccc2)c2ccccc2)=NC1=Cc1cc(Br)cc(Br)c1O. The Hall–Kier alpha value is -2.70. The molecule has 0 saturated heterocycles. The van der Waals surface area contributed by atoms with Crippen molar-refractivity contribution in [3.63, 3.8) is 0 Å². The van der Waals surface area contributed by atoms with Crippen molar-refractivity contribution >= 4 is 49.8 Å². The lowest BCUT2D eigenvalue weighted by molar-refractivity contribution is -0.130. The van der Waals surface area contributed by atoms with Gasteiger partial charge in [-0.3, -0.25) is 0 Å². The van der Waals surface area contributed by atoms with E-state index in [-0.39, 0.29) is 17.4 Å². The molecule has 0 bridgehead atoms. The van der Waals surface area contributed by atoms with Crippen LogP contribution in [0.15, 0.2) is 92.4 Å². The van der Waals surface area contributed by atoms with E-state index < -0.39 is 5.97 Å². The van der Waals surface area contributed by atoms with Crippen LogP contribution in [0.4, 0.5) is 0 Å². The maximum Gasteiger partial charge on any atom is 0.363 e. The summed E-state index contributed by atoms with van der Waals surface area (Å²) in [4.78, 5) is 17.0. The van der Waals surface area contributed by atoms with Gasteiger partial charge >= 0.3 is 5.97 Å². The molecular formula is C23H15Br2NO3. The van der Waals surface area contributed by atoms with E-state index in [0.717, 1.165) is 15.6 Å². The van der Waals surface area contributed by atoms with Gasteiger partial charge in [0.2, 0.25) is 5.90 Å². The van der Waals surface area contributed by atoms with E-state index in [1.54, 1.807) is 12.1 Å². The Balaban J connectivity index is 1.79. The van der Waals surface area contributed by atoms with Gasteiger partial charge in [0.15, 0.2) is 5.70 Å². The van der Waals surface area contributed by atoms with Crippen molar-refractivity contribution < 1.29 is 14.6 Å². The Morgan fingerprint density at radius 1 is 0.931 bits per heavy atom. The van der Waals surface area contributed by atoms with Gasteiger partial charge in [-0.05, 0) is 45.3 Å². The summed E-state index contributed by atoms with van der Waals surface area (Å²) in [7, 11) is 0. The van der Waals surface area contributed by atoms with E-state index in [1.807, 2.05) is 60.7 Å². The van der Waals surface area contributed by atoms with E-state index in [4.69, 9.17) is 4.74 Å². The molecule has 6 heteroatoms. The standard InChI is InChI=1S/C23H15Br2NO3/c24-17-11-16(21(27)18(25)13-17)12-19-23(28)29-22(26-19)20(14-7-3-1-4-8-14)15-9-5-2-6-10-15/h1-13,20,27H. The molecule has 144 valence electrons. The second kappa shape index (κ2) is 8.35. The lowest BCUT2D eigenvalue weighted by atomic mass is 9.91. The van der Waals surface area contributed by atoms with Crippen molar-refractivity contribution in [2.24, 2.45) is 4.99 Å². The molecule has 0 fully saturated rings. The molecule has 1 heterocycles. The average Bonchev–Trinajstić information content (AvgIpc) is 3.07. The highest BCUT2D eigenvalue weighted by molar-refractivity contribution is 9.11. The number of esters is 1. The Morgan fingerprint density at radius 2 is 1.52 bits per heavy atom. The summed E-state index contributed by atoms with van der Waals surface area (Å²) >= 11 is 6.68. The van der Waals surface area contributed by atoms with Crippen LogP contribution in [0.2, 0.25) is 0 Å². The first-order chi connectivity index (χ1) is 14.0. The zero-order valence-corrected chi connectivity index (χ0v) is 18.2. The molecule has 0 atom stereocenters. The lowest BCUT2D eigenvalue weighted by Crippen LogP contribution is -2.16. The second-order valence-corrected chi connectivity index (χ2v) is 8.22. The number of phenolic OH excluding ortho intramolecular Hbond substituents is 1. The van der Waals surface area contributed by atoms with Crippen LogP contribution in [0, 0.1) is 0 Å². The van der Waals surface area contributed by atoms with Gasteiger partial charge in [0.05, 0.1) is 10.4 Å². The normalized spacial score (nSPS) is 14.9. The van der Waals surface area contributed by atoms with E-state index >= 15 is 0 Å². The van der Waals surface area contributed by atoms with Crippen molar-refractivity contribution in [3.8, 4) is 5.75 Å². The molecule has 3 aromatic rings. The topological polar surface area (TPSA) is 58.9 Å². The average molecular weight is 513 g/mol. The number of carbonyl (C=O) groups is 1. The molecule has 3 aromatic carbocycles. The smallest absolute Gasteiger partial charge is 0.363 e. The van der Waals surface area contributed by atoms with E-state index in [0.29, 0.717) is 15.9 Å². The van der Waals surface area contributed by atoms with Crippen LogP contribution in [-0.4, -0.2) is 17.0 Å². The molecule has 0 saturated carbocycles. The molecule has 29 heavy (non-hydrogen) atoms. The molecule has 0 amide bonds. The molecule has 0 aliphatic carbocycles. The van der Waals surface area contributed by atoms with Crippen molar-refractivity contribution in [3.05, 3.63) is 104 Å². The number of benzene rings is 3. The van der Waals surface area contributed by atoms with Crippen LogP contribution in [0.5, 0.6) is 5.75 Å². The number of aromatic hydroxyl groups is 1. The summed E-state index contributed by atoms with van der Waals surface area (Å²) in [6.07, 6.45) is 1.52. The van der Waals surface area contributed by atoms with Crippen LogP contribution in [-0.2, 0) is 9.53 Å². The number of hydrogen-bond donors (Lipinski definition) is 1. The summed E-state index contributed by atoms with van der Waals surface area (Å²) < 4.78 is 6.83. The number of aliphatic imine (C=N–C) groups is 1. The number of hydrogen-bond acceptors (Lipinski definition) is 4. The molecule has 0 unspecified atom stereocenters. The largest absolute Gasteiger partial charge is 0.506 e. The highest BCUT2D eigenvalue weighted by Gasteiger charge is 2.31. The number of halogens is 2. The minimum atomic E-state index is -0.549. The van der Waals surface area contributed by atoms with Crippen LogP contribution in [0.3, 0.4) is 0 Å². The monoisotopic (exact) mass is 511 g/mol. The first kappa shape index (κ1) is 19.6. The highest BCUT2D eigenvalue weighted by atomic mass is 79.9. The number of carbonyl (C=O) groups excluding carboxylic acids is 1. The summed E-state index contributed by atoms with van der Waals surface area (Å²) in [6, 6.07) is 23.0. The number of nitrogens with zero attached hydrogens (tertiary/aromatic N) is 1. The molecule has 1 aliphatic rings. The van der Waals surface area contributed by atoms with Gasteiger partial charge in [-0.15, -0.1) is 0 Å². The number of rotatable bonds is 4. The van der Waals surface area contributed by atoms with Gasteiger partial charge in [0.25, 0.3) is 0 Å². The summed E-state index contributed by atoms with van der Waals surface area (Å²) in [5, 5.41) is 10.3. The fourth-order valence-electron chi connectivity index (χ4n) is 3.16. The molecular weight excluding hydrogens is 498 g/mol. The van der Waals surface area contributed by atoms with Gasteiger partial charge in [-0.1, -0.05) is 76.6 Å². The Morgan fingerprint density at radius 3 is 2.10 bits per heavy atom. The molecule has 4 rings (SSSR count). The molecule has 1 N–H and O–H groups in total. The summed E-state index contributed by atoms with van der Waals surface area (Å²) in [5.74, 6) is -0.519. The van der Waals surface area contributed by atoms with Crippen molar-refractivity contribution in [2.45, 2.75) is 5.92 Å². The number of cyclic esters (lactones) is 1. The summed E-state index contributed by atoms with van der Waals surface area (Å²) in [6.45, 7) is 0. The fraction of sp³-hybridized carbons (Fsp3) is 0.0435. The van der Waals surface area contributed by atoms with Crippen molar-refractivity contribution in [2.75, 3.05) is 0 Å². The zero-order chi connectivity index (χ0) is 20.4. The zero-order valence-electron chi connectivity index (χ0n) is 15.0. The predicted octanol–water partition coefficient (Wildman–Crippen LogP) is 6.05. The van der Waals surface area contributed by atoms with E-state index in [1.165, 1.54) is 6.08 Å². The van der Waals surface area contributed by atoms with Gasteiger partial charge in [0, 0.05) is 10.0 Å². The van der Waals surface area contributed by atoms with Crippen LogP contribution >= 0.6 is 31.9 Å². The van der Waals surface area contributed by atoms with Gasteiger partial charge in [-0.2, -0.15) is 0 Å². The third kappa shape index (κ3) is 4.18. The van der Waals surface area contributed by atoms with Crippen LogP contribution in [0.25, 0.3) is 6.08 Å². The Bertz CT molecular complexity index is 1090. The van der Waals surface area contributed by atoms with Gasteiger partial charge in [0.1, 0.15) is 5.75 Å². The third-order valence-corrected chi connectivity index (χ3v) is 5.56. The minimum Gasteiger partial charge on any atom is -0.506 e. The van der Waals surface area contributed by atoms with Crippen LogP contribution < -0.4 is 0 Å². The van der Waals surface area contributed by atoms with Crippen LogP contribution in [0.1, 0.15) is 22.6 Å². The quantitative estimate of drug-likeness (QED) is 0.342. The first-order valence-corrected chi connectivity index (χ1v) is 10.4. The molecule has 0 aromatic heterocycles. The van der Waals surface area contributed by atoms with Gasteiger partial charge < -0.3 is 9.84 Å². The Kier molecular flexibility index (Phi) is 5.65. The number of ether oxygens (including phenoxy) is 1. The summed E-state index contributed by atoms with van der Waals surface area (Å²) in [5.41, 5.74) is 2.54. The second-order valence-electron chi connectivity index (χ2n) is 6.45. The third-order valence-electron chi connectivity index (χ3n) is 4.50. The maximum atomic E-state index is 12.5. The Labute approximate surface area is 184 Å². The fourth-order valence-corrected chi connectivity index (χ4v) is 4.42. The molecule has 0 spiro atoms. The highest BCUT2D eigenvalue weighted by Crippen LogP contribution is 2.35. The van der Waals surface area contributed by atoms with Gasteiger partial charge in [-0.25, -0.2) is 9.79 Å². The first-order valence-electron chi connectivity index (χ1n) is 8.83. The number of phenols is 1. The predicted molar refractivity (Wildman–Crippen MR) is 120 cm³/mol. The molecule has 0 radical (unpaired) electrons. The lowest BCUT2D eigenvalue weighted by Gasteiger charge is -2.16. The van der Waals surface area contributed by atoms with Crippen molar-refractivity contribution in [1.82, 2.24) is 0 Å².